The number of hydrogen-bond acceptors (Lipinski definition) is 4. The number of ether oxygens (including phenoxy) is 1. The highest BCUT2D eigenvalue weighted by atomic mass is 127. The average molecular weight is 521 g/mol. The van der Waals surface area contributed by atoms with Crippen LogP contribution in [0.15, 0.2) is 47.6 Å². The molecule has 2 aromatic rings. The summed E-state index contributed by atoms with van der Waals surface area (Å²) in [5.74, 6) is 0.705. The Hall–Kier alpha value is -2.24. The van der Waals surface area contributed by atoms with E-state index in [1.807, 2.05) is 4.90 Å². The molecule has 1 atom stereocenters. The molecule has 1 fully saturated rings. The number of hydrogen-bond donors (Lipinski definition) is 2. The quantitative estimate of drug-likeness (QED) is 0.347. The lowest BCUT2D eigenvalue weighted by molar-refractivity contribution is -0.0498. The Kier molecular flexibility index (Phi) is 8.80. The van der Waals surface area contributed by atoms with Gasteiger partial charge in [-0.2, -0.15) is 8.78 Å². The number of guanidine groups is 1. The van der Waals surface area contributed by atoms with Gasteiger partial charge in [-0.3, -0.25) is 4.99 Å². The molecule has 0 spiro atoms. The van der Waals surface area contributed by atoms with Gasteiger partial charge >= 0.3 is 6.61 Å². The third-order valence-corrected chi connectivity index (χ3v) is 4.37. The van der Waals surface area contributed by atoms with E-state index in [0.29, 0.717) is 31.4 Å². The summed E-state index contributed by atoms with van der Waals surface area (Å²) in [7, 11) is 1.65. The zero-order chi connectivity index (χ0) is 19.9. The first kappa shape index (κ1) is 23.0. The van der Waals surface area contributed by atoms with Crippen molar-refractivity contribution in [3.05, 3.63) is 54.0 Å². The number of nitrogens with zero attached hydrogens (tertiary/aromatic N) is 3. The minimum atomic E-state index is -2.85. The molecule has 0 radical (unpaired) electrons. The number of benzene rings is 1. The third kappa shape index (κ3) is 6.65. The number of halogens is 4. The van der Waals surface area contributed by atoms with Crippen molar-refractivity contribution in [1.29, 1.82) is 0 Å². The molecule has 29 heavy (non-hydrogen) atoms. The number of alkyl halides is 2. The first-order valence-electron chi connectivity index (χ1n) is 8.91. The monoisotopic (exact) mass is 521 g/mol. The number of aliphatic imine (C=N–C) groups is 1. The molecule has 0 bridgehead atoms. The van der Waals surface area contributed by atoms with E-state index in [0.717, 1.165) is 12.0 Å². The van der Waals surface area contributed by atoms with Gasteiger partial charge in [-0.15, -0.1) is 24.0 Å². The van der Waals surface area contributed by atoms with Crippen LogP contribution < -0.4 is 20.3 Å². The molecule has 1 aliphatic rings. The SMILES string of the molecule is CN=C(NCc1cccc(OC(F)F)c1)NC1CCN(c2ncccc2F)C1.I. The Balaban J connectivity index is 0.00000300. The van der Waals surface area contributed by atoms with Gasteiger partial charge in [0.25, 0.3) is 0 Å². The van der Waals surface area contributed by atoms with Crippen LogP contribution in [0.2, 0.25) is 0 Å². The van der Waals surface area contributed by atoms with Gasteiger partial charge in [0.2, 0.25) is 0 Å². The van der Waals surface area contributed by atoms with Crippen molar-refractivity contribution in [3.8, 4) is 5.75 Å². The molecule has 1 aliphatic heterocycles. The molecular weight excluding hydrogens is 498 g/mol. The van der Waals surface area contributed by atoms with Crippen molar-refractivity contribution in [2.75, 3.05) is 25.0 Å². The van der Waals surface area contributed by atoms with E-state index in [9.17, 15) is 13.2 Å². The summed E-state index contributed by atoms with van der Waals surface area (Å²) in [6.07, 6.45) is 2.39. The number of rotatable bonds is 6. The minimum Gasteiger partial charge on any atom is -0.435 e. The van der Waals surface area contributed by atoms with Gasteiger partial charge < -0.3 is 20.3 Å². The highest BCUT2D eigenvalue weighted by molar-refractivity contribution is 14.0. The fourth-order valence-electron chi connectivity index (χ4n) is 3.09. The largest absolute Gasteiger partial charge is 0.435 e. The maximum absolute atomic E-state index is 13.9. The van der Waals surface area contributed by atoms with Gasteiger partial charge in [0.1, 0.15) is 5.75 Å². The van der Waals surface area contributed by atoms with Crippen LogP contribution in [-0.2, 0) is 6.54 Å². The van der Waals surface area contributed by atoms with Gasteiger partial charge in [-0.1, -0.05) is 12.1 Å². The fraction of sp³-hybridized carbons (Fsp3) is 0.368. The summed E-state index contributed by atoms with van der Waals surface area (Å²) < 4.78 is 43.0. The number of nitrogens with one attached hydrogen (secondary N) is 2. The summed E-state index contributed by atoms with van der Waals surface area (Å²) in [6.45, 7) is -1.17. The molecule has 6 nitrogen and oxygen atoms in total. The molecule has 158 valence electrons. The van der Waals surface area contributed by atoms with Crippen LogP contribution in [0.5, 0.6) is 5.75 Å². The van der Waals surface area contributed by atoms with Gasteiger partial charge in [-0.25, -0.2) is 9.37 Å². The topological polar surface area (TPSA) is 61.8 Å². The van der Waals surface area contributed by atoms with Crippen molar-refractivity contribution in [3.63, 3.8) is 0 Å². The van der Waals surface area contributed by atoms with Gasteiger partial charge in [0.05, 0.1) is 0 Å². The normalized spacial score (nSPS) is 16.5. The average Bonchev–Trinajstić information content (AvgIpc) is 3.13. The van der Waals surface area contributed by atoms with Crippen LogP contribution in [0.25, 0.3) is 0 Å². The molecule has 1 saturated heterocycles. The van der Waals surface area contributed by atoms with Crippen LogP contribution in [0.3, 0.4) is 0 Å². The Bertz CT molecular complexity index is 824. The maximum atomic E-state index is 13.9. The molecule has 2 N–H and O–H groups in total. The van der Waals surface area contributed by atoms with Gasteiger partial charge in [0.15, 0.2) is 17.6 Å². The molecule has 1 aromatic carbocycles. The maximum Gasteiger partial charge on any atom is 0.387 e. The first-order chi connectivity index (χ1) is 13.5. The molecule has 0 saturated carbocycles. The molecule has 1 aromatic heterocycles. The second-order valence-electron chi connectivity index (χ2n) is 6.34. The van der Waals surface area contributed by atoms with E-state index in [1.54, 1.807) is 37.5 Å². The van der Waals surface area contributed by atoms with Crippen molar-refractivity contribution < 1.29 is 17.9 Å². The Labute approximate surface area is 184 Å². The van der Waals surface area contributed by atoms with E-state index < -0.39 is 6.61 Å². The lowest BCUT2D eigenvalue weighted by Gasteiger charge is -2.20. The Morgan fingerprint density at radius 2 is 2.17 bits per heavy atom. The smallest absolute Gasteiger partial charge is 0.387 e. The number of aromatic nitrogens is 1. The zero-order valence-electron chi connectivity index (χ0n) is 15.8. The molecule has 0 aliphatic carbocycles. The summed E-state index contributed by atoms with van der Waals surface area (Å²) in [4.78, 5) is 10.2. The van der Waals surface area contributed by atoms with E-state index in [2.05, 4.69) is 25.3 Å². The molecule has 1 unspecified atom stereocenters. The van der Waals surface area contributed by atoms with Crippen LogP contribution in [0.4, 0.5) is 19.0 Å². The van der Waals surface area contributed by atoms with E-state index >= 15 is 0 Å². The fourth-order valence-corrected chi connectivity index (χ4v) is 3.09. The Morgan fingerprint density at radius 1 is 1.34 bits per heavy atom. The molecule has 3 rings (SSSR count). The van der Waals surface area contributed by atoms with Crippen molar-refractivity contribution >= 4 is 35.8 Å². The van der Waals surface area contributed by atoms with Crippen LogP contribution in [0, 0.1) is 5.82 Å². The van der Waals surface area contributed by atoms with Gasteiger partial charge in [-0.05, 0) is 36.2 Å². The van der Waals surface area contributed by atoms with Crippen molar-refractivity contribution in [2.45, 2.75) is 25.6 Å². The summed E-state index contributed by atoms with van der Waals surface area (Å²) in [5, 5.41) is 6.44. The molecular formula is C19H23F3IN5O. The Morgan fingerprint density at radius 3 is 2.90 bits per heavy atom. The third-order valence-electron chi connectivity index (χ3n) is 4.37. The number of anilines is 1. The second kappa shape index (κ2) is 11.1. The molecule has 2 heterocycles. The van der Waals surface area contributed by atoms with Gasteiger partial charge in [0, 0.05) is 38.9 Å². The lowest BCUT2D eigenvalue weighted by Crippen LogP contribution is -2.44. The van der Waals surface area contributed by atoms with Crippen LogP contribution in [0.1, 0.15) is 12.0 Å². The second-order valence-corrected chi connectivity index (χ2v) is 6.34. The first-order valence-corrected chi connectivity index (χ1v) is 8.91. The zero-order valence-corrected chi connectivity index (χ0v) is 18.1. The van der Waals surface area contributed by atoms with Crippen LogP contribution in [-0.4, -0.2) is 43.7 Å². The van der Waals surface area contributed by atoms with E-state index in [-0.39, 0.29) is 41.6 Å². The molecule has 10 heteroatoms. The van der Waals surface area contributed by atoms with Crippen molar-refractivity contribution in [2.24, 2.45) is 4.99 Å². The standard InChI is InChI=1S/C19H22F3N5O.HI/c1-23-19(25-11-13-4-2-5-15(10-13)28-18(21)22)26-14-7-9-27(12-14)17-16(20)6-3-8-24-17;/h2-6,8,10,14,18H,7,9,11-12H2,1H3,(H2,23,25,26);1H. The molecule has 0 amide bonds. The summed E-state index contributed by atoms with van der Waals surface area (Å²) in [5.41, 5.74) is 0.782. The predicted octanol–water partition coefficient (Wildman–Crippen LogP) is 3.38. The lowest BCUT2D eigenvalue weighted by atomic mass is 10.2. The summed E-state index contributed by atoms with van der Waals surface area (Å²) >= 11 is 0. The van der Waals surface area contributed by atoms with Crippen LogP contribution >= 0.6 is 24.0 Å². The van der Waals surface area contributed by atoms with E-state index in [1.165, 1.54) is 12.1 Å². The minimum absolute atomic E-state index is 0. The predicted molar refractivity (Wildman–Crippen MR) is 117 cm³/mol. The highest BCUT2D eigenvalue weighted by Crippen LogP contribution is 2.21. The van der Waals surface area contributed by atoms with E-state index in [4.69, 9.17) is 0 Å². The van der Waals surface area contributed by atoms with Crippen molar-refractivity contribution in [1.82, 2.24) is 15.6 Å². The number of pyridine rings is 1. The summed E-state index contributed by atoms with van der Waals surface area (Å²) in [6, 6.07) is 9.54. The highest BCUT2D eigenvalue weighted by Gasteiger charge is 2.25.